The summed E-state index contributed by atoms with van der Waals surface area (Å²) in [5.74, 6) is -2.54. The Morgan fingerprint density at radius 3 is 2.23 bits per heavy atom. The van der Waals surface area contributed by atoms with E-state index in [-0.39, 0.29) is 0 Å². The Morgan fingerprint density at radius 1 is 1.10 bits per heavy atom. The van der Waals surface area contributed by atoms with E-state index in [0.29, 0.717) is 6.08 Å². The van der Waals surface area contributed by atoms with E-state index in [9.17, 15) is 42.1 Å². The third kappa shape index (κ3) is 7.00. The van der Waals surface area contributed by atoms with Gasteiger partial charge in [-0.05, 0) is 6.08 Å². The maximum atomic E-state index is 11.1. The van der Waals surface area contributed by atoms with E-state index in [1.165, 1.54) is 4.72 Å². The minimum Gasteiger partial charge on any atom is -0.475 e. The van der Waals surface area contributed by atoms with Gasteiger partial charge in [0.25, 0.3) is 0 Å². The molecule has 0 aromatic heterocycles. The highest BCUT2D eigenvalue weighted by molar-refractivity contribution is 7.83. The summed E-state index contributed by atoms with van der Waals surface area (Å²) in [5, 5.41) is 49.0. The van der Waals surface area contributed by atoms with Crippen molar-refractivity contribution in [2.24, 2.45) is 0 Å². The van der Waals surface area contributed by atoms with E-state index in [4.69, 9.17) is 28.4 Å². The first-order valence-electron chi connectivity index (χ1n) is 8.10. The number of hydrogen-bond acceptors (Lipinski definition) is 13. The highest BCUT2D eigenvalue weighted by Gasteiger charge is 2.50. The van der Waals surface area contributed by atoms with Crippen LogP contribution in [-0.2, 0) is 43.9 Å². The van der Waals surface area contributed by atoms with Crippen molar-refractivity contribution in [2.45, 2.75) is 49.1 Å². The predicted octanol–water partition coefficient (Wildman–Crippen LogP) is -4.92. The molecule has 8 N–H and O–H groups in total. The molecule has 19 heteroatoms. The summed E-state index contributed by atoms with van der Waals surface area (Å²) in [4.78, 5) is 11.1. The predicted molar refractivity (Wildman–Crippen MR) is 90.3 cm³/mol. The van der Waals surface area contributed by atoms with E-state index in [1.54, 1.807) is 0 Å². The van der Waals surface area contributed by atoms with Crippen LogP contribution in [0.5, 0.6) is 0 Å². The standard InChI is InChI=1S/C12H19NO16S2/c14-3-1-4(10(17)18)28-12(7(3)15)29-9-5(2-26-31(23,24)25)27-11(19)6(8(9)16)13-30(20,21)22/h1,3,5-9,11-16,19H,2H2,(H,17,18)(H,20,21,22)(H,23,24,25)/t3-,5+,6?,7?,8+,9+,11?,12-/m0/s1. The summed E-state index contributed by atoms with van der Waals surface area (Å²) in [6.45, 7) is -1.12. The first kappa shape index (κ1) is 25.8. The largest absolute Gasteiger partial charge is 0.475 e. The molecule has 0 aromatic rings. The first-order chi connectivity index (χ1) is 14.1. The molecule has 0 aliphatic carbocycles. The quantitative estimate of drug-likeness (QED) is 0.146. The second kappa shape index (κ2) is 9.56. The molecule has 0 saturated carbocycles. The van der Waals surface area contributed by atoms with Crippen LogP contribution in [0.1, 0.15) is 0 Å². The Balaban J connectivity index is 2.31. The molecule has 1 saturated heterocycles. The lowest BCUT2D eigenvalue weighted by molar-refractivity contribution is -0.305. The van der Waals surface area contributed by atoms with Crippen molar-refractivity contribution in [3.05, 3.63) is 11.8 Å². The zero-order valence-electron chi connectivity index (χ0n) is 15.0. The third-order valence-electron chi connectivity index (χ3n) is 4.05. The molecule has 0 radical (unpaired) electrons. The number of carbonyl (C=O) groups is 1. The minimum absolute atomic E-state index is 0.631. The number of ether oxygens (including phenoxy) is 3. The van der Waals surface area contributed by atoms with Crippen LogP contribution in [0.25, 0.3) is 0 Å². The molecule has 2 heterocycles. The summed E-state index contributed by atoms with van der Waals surface area (Å²) in [7, 11) is -10.1. The molecular weight excluding hydrogens is 478 g/mol. The van der Waals surface area contributed by atoms with Crippen LogP contribution in [0.15, 0.2) is 11.8 Å². The Hall–Kier alpha value is -1.49. The number of carboxylic acid groups (broad SMARTS) is 1. The second-order valence-corrected chi connectivity index (χ2v) is 8.57. The van der Waals surface area contributed by atoms with Crippen LogP contribution in [0, 0.1) is 0 Å². The monoisotopic (exact) mass is 497 g/mol. The first-order valence-corrected chi connectivity index (χ1v) is 10.9. The average Bonchev–Trinajstić information content (AvgIpc) is 2.61. The molecular formula is C12H19NO16S2. The smallest absolute Gasteiger partial charge is 0.397 e. The van der Waals surface area contributed by atoms with Gasteiger partial charge in [-0.3, -0.25) is 9.11 Å². The molecule has 1 fully saturated rings. The van der Waals surface area contributed by atoms with Crippen molar-refractivity contribution in [2.75, 3.05) is 6.61 Å². The van der Waals surface area contributed by atoms with Crippen LogP contribution in [0.3, 0.4) is 0 Å². The molecule has 17 nitrogen and oxygen atoms in total. The van der Waals surface area contributed by atoms with Gasteiger partial charge in [0, 0.05) is 0 Å². The van der Waals surface area contributed by atoms with Gasteiger partial charge in [0.05, 0.1) is 6.61 Å². The van der Waals surface area contributed by atoms with Crippen molar-refractivity contribution in [1.82, 2.24) is 4.72 Å². The van der Waals surface area contributed by atoms with Crippen molar-refractivity contribution in [1.29, 1.82) is 0 Å². The Kier molecular flexibility index (Phi) is 7.95. The number of rotatable bonds is 8. The summed E-state index contributed by atoms with van der Waals surface area (Å²) < 4.78 is 81.8. The van der Waals surface area contributed by atoms with Crippen LogP contribution in [-0.4, -0.2) is 113 Å². The molecule has 180 valence electrons. The molecule has 0 amide bonds. The molecule has 2 aliphatic heterocycles. The van der Waals surface area contributed by atoms with Crippen molar-refractivity contribution in [3.63, 3.8) is 0 Å². The van der Waals surface area contributed by atoms with E-state index in [1.807, 2.05) is 0 Å². The minimum atomic E-state index is -5.05. The van der Waals surface area contributed by atoms with Gasteiger partial charge in [0.2, 0.25) is 12.0 Å². The molecule has 8 atom stereocenters. The van der Waals surface area contributed by atoms with Crippen LogP contribution >= 0.6 is 0 Å². The lowest BCUT2D eigenvalue weighted by atomic mass is 9.97. The van der Waals surface area contributed by atoms with Gasteiger partial charge >= 0.3 is 26.7 Å². The topological polar surface area (TPSA) is 276 Å². The number of carboxylic acids is 1. The normalized spacial score (nSPS) is 37.0. The van der Waals surface area contributed by atoms with Crippen molar-refractivity contribution >= 4 is 26.7 Å². The summed E-state index contributed by atoms with van der Waals surface area (Å²) in [6.07, 6.45) is -13.3. The number of aliphatic hydroxyl groups excluding tert-OH is 4. The number of aliphatic carboxylic acids is 1. The van der Waals surface area contributed by atoms with Gasteiger partial charge in [-0.25, -0.2) is 8.98 Å². The summed E-state index contributed by atoms with van der Waals surface area (Å²) in [5.41, 5.74) is 0. The fourth-order valence-corrected chi connectivity index (χ4v) is 3.63. The highest BCUT2D eigenvalue weighted by Crippen LogP contribution is 2.28. The molecule has 3 unspecified atom stereocenters. The SMILES string of the molecule is O=C(O)C1=C[C@H](O)C(O)[C@H](O[C@H]2[C@H](O)C(NS(=O)(=O)O)C(O)O[C@@H]2COS(=O)(=O)O)O1. The van der Waals surface area contributed by atoms with Crippen LogP contribution < -0.4 is 4.72 Å². The molecule has 0 spiro atoms. The zero-order chi connectivity index (χ0) is 23.7. The molecule has 0 bridgehead atoms. The van der Waals surface area contributed by atoms with E-state index >= 15 is 0 Å². The van der Waals surface area contributed by atoms with Crippen LogP contribution in [0.2, 0.25) is 0 Å². The zero-order valence-corrected chi connectivity index (χ0v) is 16.7. The highest BCUT2D eigenvalue weighted by atomic mass is 32.3. The Morgan fingerprint density at radius 2 is 1.71 bits per heavy atom. The fraction of sp³-hybridized carbons (Fsp3) is 0.750. The van der Waals surface area contributed by atoms with E-state index in [2.05, 4.69) is 4.18 Å². The van der Waals surface area contributed by atoms with Gasteiger partial charge in [-0.1, -0.05) is 0 Å². The lowest BCUT2D eigenvalue weighted by Crippen LogP contribution is -2.66. The number of hydrogen-bond donors (Lipinski definition) is 8. The maximum absolute atomic E-state index is 11.1. The molecule has 0 aromatic carbocycles. The molecule has 31 heavy (non-hydrogen) atoms. The second-order valence-electron chi connectivity index (χ2n) is 6.29. The Bertz CT molecular complexity index is 900. The molecule has 2 aliphatic rings. The molecule has 2 rings (SSSR count). The average molecular weight is 497 g/mol. The van der Waals surface area contributed by atoms with E-state index in [0.717, 1.165) is 0 Å². The van der Waals surface area contributed by atoms with Gasteiger partial charge in [0.15, 0.2) is 6.29 Å². The van der Waals surface area contributed by atoms with Gasteiger partial charge in [-0.15, -0.1) is 0 Å². The number of nitrogens with one attached hydrogen (secondary N) is 1. The number of aliphatic hydroxyl groups is 4. The Labute approximate surface area is 174 Å². The third-order valence-corrected chi connectivity index (χ3v) is 5.06. The fourth-order valence-electron chi connectivity index (χ4n) is 2.72. The van der Waals surface area contributed by atoms with Crippen LogP contribution in [0.4, 0.5) is 0 Å². The van der Waals surface area contributed by atoms with Gasteiger partial charge < -0.3 is 39.7 Å². The van der Waals surface area contributed by atoms with Gasteiger partial charge in [-0.2, -0.15) is 21.6 Å². The van der Waals surface area contributed by atoms with Crippen molar-refractivity contribution < 1.29 is 74.7 Å². The van der Waals surface area contributed by atoms with Crippen molar-refractivity contribution in [3.8, 4) is 0 Å². The van der Waals surface area contributed by atoms with E-state index < -0.39 is 88.2 Å². The lowest BCUT2D eigenvalue weighted by Gasteiger charge is -2.44. The summed E-state index contributed by atoms with van der Waals surface area (Å²) >= 11 is 0. The summed E-state index contributed by atoms with van der Waals surface area (Å²) in [6, 6.07) is -2.01. The maximum Gasteiger partial charge on any atom is 0.397 e. The van der Waals surface area contributed by atoms with Gasteiger partial charge in [0.1, 0.15) is 36.6 Å².